The van der Waals surface area contributed by atoms with E-state index in [-0.39, 0.29) is 17.7 Å². The summed E-state index contributed by atoms with van der Waals surface area (Å²) in [5.41, 5.74) is 6.51. The van der Waals surface area contributed by atoms with Crippen LogP contribution in [0.25, 0.3) is 0 Å². The summed E-state index contributed by atoms with van der Waals surface area (Å²) in [7, 11) is 0. The Balaban J connectivity index is 1.57. The molecule has 3 rings (SSSR count). The predicted molar refractivity (Wildman–Crippen MR) is 99.8 cm³/mol. The minimum atomic E-state index is -0.492. The Morgan fingerprint density at radius 1 is 1.23 bits per heavy atom. The molecule has 136 valence electrons. The fourth-order valence-corrected chi connectivity index (χ4v) is 3.79. The maximum Gasteiger partial charge on any atom is 0.263 e. The number of benzene rings is 1. The summed E-state index contributed by atoms with van der Waals surface area (Å²) in [6, 6.07) is 10.6. The van der Waals surface area contributed by atoms with Gasteiger partial charge in [0.15, 0.2) is 0 Å². The molecule has 0 saturated carbocycles. The number of amides is 3. The molecule has 0 bridgehead atoms. The molecular formula is C19H21N3O3S. The maximum atomic E-state index is 12.5. The molecule has 1 aromatic heterocycles. The molecule has 2 heterocycles. The van der Waals surface area contributed by atoms with Crippen molar-refractivity contribution >= 4 is 29.1 Å². The maximum absolute atomic E-state index is 12.5. The highest BCUT2D eigenvalue weighted by Gasteiger charge is 2.29. The molecule has 1 saturated heterocycles. The van der Waals surface area contributed by atoms with Gasteiger partial charge in [-0.05, 0) is 42.0 Å². The van der Waals surface area contributed by atoms with Crippen LogP contribution >= 0.6 is 11.3 Å². The summed E-state index contributed by atoms with van der Waals surface area (Å²) >= 11 is 1.42. The van der Waals surface area contributed by atoms with Gasteiger partial charge in [0.2, 0.25) is 11.8 Å². The molecule has 3 amide bonds. The molecule has 0 aliphatic carbocycles. The molecule has 3 N–H and O–H groups in total. The second-order valence-corrected chi connectivity index (χ2v) is 7.30. The average Bonchev–Trinajstić information content (AvgIpc) is 3.20. The van der Waals surface area contributed by atoms with Crippen LogP contribution in [0.15, 0.2) is 41.8 Å². The van der Waals surface area contributed by atoms with Gasteiger partial charge in [-0.25, -0.2) is 0 Å². The number of carbonyl (C=O) groups is 3. The van der Waals surface area contributed by atoms with Crippen LogP contribution in [-0.2, 0) is 11.3 Å². The molecule has 6 nitrogen and oxygen atoms in total. The minimum Gasteiger partial charge on any atom is -0.366 e. The zero-order valence-corrected chi connectivity index (χ0v) is 15.1. The van der Waals surface area contributed by atoms with Crippen molar-refractivity contribution in [2.75, 3.05) is 13.1 Å². The summed E-state index contributed by atoms with van der Waals surface area (Å²) in [4.78, 5) is 38.7. The Labute approximate surface area is 156 Å². The molecule has 1 aliphatic heterocycles. The first-order valence-corrected chi connectivity index (χ1v) is 9.42. The zero-order chi connectivity index (χ0) is 18.5. The lowest BCUT2D eigenvalue weighted by Crippen LogP contribution is -2.45. The molecular weight excluding hydrogens is 350 g/mol. The third kappa shape index (κ3) is 4.29. The molecule has 7 heteroatoms. The van der Waals surface area contributed by atoms with E-state index in [0.29, 0.717) is 30.1 Å². The summed E-state index contributed by atoms with van der Waals surface area (Å²) in [6.45, 7) is 1.44. The van der Waals surface area contributed by atoms with E-state index in [9.17, 15) is 14.4 Å². The van der Waals surface area contributed by atoms with Gasteiger partial charge in [0.1, 0.15) is 0 Å². The van der Waals surface area contributed by atoms with Gasteiger partial charge in [-0.3, -0.25) is 14.4 Å². The monoisotopic (exact) mass is 371 g/mol. The lowest BCUT2D eigenvalue weighted by molar-refractivity contribution is -0.126. The summed E-state index contributed by atoms with van der Waals surface area (Å²) < 4.78 is 0. The van der Waals surface area contributed by atoms with Gasteiger partial charge in [-0.2, -0.15) is 0 Å². The van der Waals surface area contributed by atoms with Crippen molar-refractivity contribution in [2.45, 2.75) is 19.4 Å². The first-order chi connectivity index (χ1) is 12.5. The van der Waals surface area contributed by atoms with E-state index in [1.54, 1.807) is 23.1 Å². The number of piperidine rings is 1. The van der Waals surface area contributed by atoms with Crippen LogP contribution in [0.3, 0.4) is 0 Å². The van der Waals surface area contributed by atoms with Gasteiger partial charge in [0, 0.05) is 25.2 Å². The minimum absolute atomic E-state index is 0.00772. The molecule has 0 spiro atoms. The molecule has 26 heavy (non-hydrogen) atoms. The first kappa shape index (κ1) is 18.1. The van der Waals surface area contributed by atoms with Gasteiger partial charge in [-0.15, -0.1) is 11.3 Å². The average molecular weight is 371 g/mol. The number of carbonyl (C=O) groups excluding carboxylic acids is 3. The number of rotatable bonds is 5. The molecule has 1 atom stereocenters. The highest BCUT2D eigenvalue weighted by atomic mass is 32.1. The second-order valence-electron chi connectivity index (χ2n) is 6.35. The van der Waals surface area contributed by atoms with Gasteiger partial charge in [0.05, 0.1) is 10.8 Å². The summed E-state index contributed by atoms with van der Waals surface area (Å²) in [5.74, 6) is -0.787. The number of nitrogens with zero attached hydrogens (tertiary/aromatic N) is 1. The Kier molecular flexibility index (Phi) is 5.68. The quantitative estimate of drug-likeness (QED) is 0.842. The molecule has 1 unspecified atom stereocenters. The first-order valence-electron chi connectivity index (χ1n) is 8.54. The highest BCUT2D eigenvalue weighted by Crippen LogP contribution is 2.21. The molecule has 1 fully saturated rings. The van der Waals surface area contributed by atoms with Gasteiger partial charge >= 0.3 is 0 Å². The highest BCUT2D eigenvalue weighted by molar-refractivity contribution is 7.12. The topological polar surface area (TPSA) is 92.5 Å². The number of hydrogen-bond acceptors (Lipinski definition) is 4. The van der Waals surface area contributed by atoms with E-state index in [4.69, 9.17) is 5.73 Å². The summed E-state index contributed by atoms with van der Waals surface area (Å²) in [6.07, 6.45) is 1.58. The molecule has 1 aliphatic rings. The van der Waals surface area contributed by atoms with Crippen LogP contribution in [0, 0.1) is 5.92 Å². The van der Waals surface area contributed by atoms with Crippen molar-refractivity contribution in [3.8, 4) is 0 Å². The number of nitrogens with two attached hydrogens (primary N) is 1. The van der Waals surface area contributed by atoms with E-state index >= 15 is 0 Å². The van der Waals surface area contributed by atoms with Crippen molar-refractivity contribution in [2.24, 2.45) is 11.7 Å². The van der Waals surface area contributed by atoms with E-state index in [1.165, 1.54) is 11.3 Å². The number of primary amides is 1. The van der Waals surface area contributed by atoms with Crippen LogP contribution in [0.1, 0.15) is 38.4 Å². The van der Waals surface area contributed by atoms with E-state index in [0.717, 1.165) is 18.4 Å². The summed E-state index contributed by atoms with van der Waals surface area (Å²) in [5, 5.41) is 4.78. The second kappa shape index (κ2) is 8.14. The van der Waals surface area contributed by atoms with Crippen molar-refractivity contribution in [1.82, 2.24) is 10.2 Å². The molecule has 1 aromatic carbocycles. The Morgan fingerprint density at radius 3 is 2.81 bits per heavy atom. The van der Waals surface area contributed by atoms with Crippen LogP contribution in [0.4, 0.5) is 0 Å². The number of likely N-dealkylation sites (tertiary alicyclic amines) is 1. The lowest BCUT2D eigenvalue weighted by Gasteiger charge is -2.31. The molecule has 0 radical (unpaired) electrons. The van der Waals surface area contributed by atoms with Crippen molar-refractivity contribution < 1.29 is 14.4 Å². The largest absolute Gasteiger partial charge is 0.366 e. The zero-order valence-electron chi connectivity index (χ0n) is 14.3. The number of nitrogens with one attached hydrogen (secondary N) is 1. The van der Waals surface area contributed by atoms with Crippen LogP contribution in [0.2, 0.25) is 0 Å². The van der Waals surface area contributed by atoms with E-state index in [2.05, 4.69) is 5.32 Å². The Morgan fingerprint density at radius 2 is 2.08 bits per heavy atom. The van der Waals surface area contributed by atoms with Crippen LogP contribution in [0.5, 0.6) is 0 Å². The fraction of sp³-hybridized carbons (Fsp3) is 0.316. The van der Waals surface area contributed by atoms with Crippen molar-refractivity contribution in [3.63, 3.8) is 0 Å². The van der Waals surface area contributed by atoms with Gasteiger partial charge in [-0.1, -0.05) is 18.2 Å². The number of hydrogen-bond donors (Lipinski definition) is 2. The normalized spacial score (nSPS) is 16.9. The van der Waals surface area contributed by atoms with Gasteiger partial charge in [0.25, 0.3) is 5.91 Å². The smallest absolute Gasteiger partial charge is 0.263 e. The third-order valence-corrected chi connectivity index (χ3v) is 5.35. The van der Waals surface area contributed by atoms with Crippen molar-refractivity contribution in [1.29, 1.82) is 0 Å². The van der Waals surface area contributed by atoms with Crippen LogP contribution < -0.4 is 11.1 Å². The lowest BCUT2D eigenvalue weighted by atomic mass is 9.96. The predicted octanol–water partition coefficient (Wildman–Crippen LogP) is 2.02. The Hall–Kier alpha value is -2.67. The standard InChI is InChI=1S/C19H21N3O3S/c20-17(23)14-5-1-4-13(10-14)11-21-18(24)15-6-2-8-22(12-15)19(25)16-7-3-9-26-16/h1,3-5,7,9-10,15H,2,6,8,11-12H2,(H2,20,23)(H,21,24). The third-order valence-electron chi connectivity index (χ3n) is 4.49. The SMILES string of the molecule is NC(=O)c1cccc(CNC(=O)C2CCCN(C(=O)c3cccs3)C2)c1. The Bertz CT molecular complexity index is 804. The van der Waals surface area contributed by atoms with E-state index < -0.39 is 5.91 Å². The van der Waals surface area contributed by atoms with Crippen molar-refractivity contribution in [3.05, 3.63) is 57.8 Å². The van der Waals surface area contributed by atoms with E-state index in [1.807, 2.05) is 23.6 Å². The van der Waals surface area contributed by atoms with Crippen LogP contribution in [-0.4, -0.2) is 35.7 Å². The number of thiophene rings is 1. The van der Waals surface area contributed by atoms with Gasteiger partial charge < -0.3 is 16.0 Å². The molecule has 2 aromatic rings. The fourth-order valence-electron chi connectivity index (χ4n) is 3.10.